The predicted molar refractivity (Wildman–Crippen MR) is 190 cm³/mol. The monoisotopic (exact) mass is 658 g/mol. The second-order valence-electron chi connectivity index (χ2n) is 12.7. The Labute approximate surface area is 285 Å². The smallest absolute Gasteiger partial charge is 0.306 e. The first kappa shape index (κ1) is 38.2. The summed E-state index contributed by atoms with van der Waals surface area (Å²) in [7, 11) is 0. The van der Waals surface area contributed by atoms with Gasteiger partial charge in [0.15, 0.2) is 0 Å². The van der Waals surface area contributed by atoms with Crippen molar-refractivity contribution in [3.63, 3.8) is 0 Å². The van der Waals surface area contributed by atoms with Crippen molar-refractivity contribution in [1.29, 1.82) is 0 Å². The molecule has 1 aromatic heterocycles. The standard InChI is InChI=1S/C39H54N4O5/c1-2-3-4-5-6-7-8-9-10-11-15-22-32(28-36(40)44)41-38(46)34(24-18-25-37(45)48-29-30-19-13-12-14-20-30)43-39(47)35-27-26-31-21-16-17-23-33(31)42-35/h12-14,16-17,19-21,23,26-27,32,34H,2-11,15,18,22,24-25,28-29H2,1H3,(H2,40,44)(H,41,46)(H,43,47)/t32-,34-/m0/s1. The molecule has 0 aliphatic heterocycles. The van der Waals surface area contributed by atoms with Crippen LogP contribution in [0.15, 0.2) is 66.7 Å². The average Bonchev–Trinajstić information content (AvgIpc) is 3.09. The van der Waals surface area contributed by atoms with Crippen molar-refractivity contribution in [3.05, 3.63) is 78.0 Å². The highest BCUT2D eigenvalue weighted by Gasteiger charge is 2.25. The summed E-state index contributed by atoms with van der Waals surface area (Å²) in [5.41, 5.74) is 7.28. The van der Waals surface area contributed by atoms with Crippen LogP contribution in [0, 0.1) is 0 Å². The highest BCUT2D eigenvalue weighted by Crippen LogP contribution is 2.15. The van der Waals surface area contributed by atoms with Crippen molar-refractivity contribution in [2.75, 3.05) is 0 Å². The van der Waals surface area contributed by atoms with Gasteiger partial charge < -0.3 is 21.1 Å². The van der Waals surface area contributed by atoms with Crippen LogP contribution in [0.2, 0.25) is 0 Å². The SMILES string of the molecule is CCCCCCCCCCCCC[C@@H](CC(N)=O)NC(=O)[C@H](CCCC(=O)OCc1ccccc1)NC(=O)c1ccc2ccccc2n1. The lowest BCUT2D eigenvalue weighted by Crippen LogP contribution is -2.50. The Kier molecular flexibility index (Phi) is 17.8. The van der Waals surface area contributed by atoms with Gasteiger partial charge in [-0.05, 0) is 37.0 Å². The number of carbonyl (C=O) groups excluding carboxylic acids is 4. The van der Waals surface area contributed by atoms with Gasteiger partial charge in [0.05, 0.1) is 5.52 Å². The Morgan fingerprint density at radius 2 is 1.38 bits per heavy atom. The molecule has 3 aromatic rings. The third-order valence-corrected chi connectivity index (χ3v) is 8.52. The fraction of sp³-hybridized carbons (Fsp3) is 0.513. The number of nitrogens with two attached hydrogens (primary N) is 1. The summed E-state index contributed by atoms with van der Waals surface area (Å²) in [5.74, 6) is -1.80. The van der Waals surface area contributed by atoms with Gasteiger partial charge in [0.25, 0.3) is 5.91 Å². The van der Waals surface area contributed by atoms with Crippen LogP contribution in [0.25, 0.3) is 10.9 Å². The number of benzene rings is 2. The van der Waals surface area contributed by atoms with E-state index in [4.69, 9.17) is 10.5 Å². The van der Waals surface area contributed by atoms with Crippen LogP contribution in [0.4, 0.5) is 0 Å². The zero-order valence-corrected chi connectivity index (χ0v) is 28.6. The van der Waals surface area contributed by atoms with Gasteiger partial charge in [-0.15, -0.1) is 0 Å². The summed E-state index contributed by atoms with van der Waals surface area (Å²) in [5, 5.41) is 6.68. The number of para-hydroxylation sites is 1. The van der Waals surface area contributed by atoms with Gasteiger partial charge in [-0.2, -0.15) is 0 Å². The molecule has 0 unspecified atom stereocenters. The van der Waals surface area contributed by atoms with Gasteiger partial charge in [0.2, 0.25) is 11.8 Å². The molecule has 2 aromatic carbocycles. The molecule has 0 radical (unpaired) electrons. The molecule has 4 N–H and O–H groups in total. The summed E-state index contributed by atoms with van der Waals surface area (Å²) in [4.78, 5) is 55.7. The number of rotatable bonds is 24. The van der Waals surface area contributed by atoms with E-state index >= 15 is 0 Å². The number of carbonyl (C=O) groups is 4. The highest BCUT2D eigenvalue weighted by atomic mass is 16.5. The van der Waals surface area contributed by atoms with E-state index in [-0.39, 0.29) is 37.5 Å². The number of unbranched alkanes of at least 4 members (excludes halogenated alkanes) is 10. The van der Waals surface area contributed by atoms with Crippen LogP contribution in [0.3, 0.4) is 0 Å². The van der Waals surface area contributed by atoms with Crippen LogP contribution in [0.5, 0.6) is 0 Å². The summed E-state index contributed by atoms with van der Waals surface area (Å²) < 4.78 is 5.39. The minimum absolute atomic E-state index is 0.0161. The van der Waals surface area contributed by atoms with Crippen molar-refractivity contribution in [3.8, 4) is 0 Å². The van der Waals surface area contributed by atoms with E-state index in [0.717, 1.165) is 30.2 Å². The molecule has 0 bridgehead atoms. The van der Waals surface area contributed by atoms with Crippen LogP contribution in [-0.4, -0.2) is 40.8 Å². The molecule has 3 rings (SSSR count). The topological polar surface area (TPSA) is 140 Å². The Morgan fingerprint density at radius 3 is 2.06 bits per heavy atom. The van der Waals surface area contributed by atoms with Crippen LogP contribution in [0.1, 0.15) is 126 Å². The van der Waals surface area contributed by atoms with Gasteiger partial charge in [0, 0.05) is 24.3 Å². The maximum absolute atomic E-state index is 13.6. The molecule has 0 saturated heterocycles. The number of amides is 3. The van der Waals surface area contributed by atoms with E-state index in [2.05, 4.69) is 22.5 Å². The Balaban J connectivity index is 1.54. The van der Waals surface area contributed by atoms with Crippen molar-refractivity contribution < 1.29 is 23.9 Å². The number of aromatic nitrogens is 1. The number of hydrogen-bond donors (Lipinski definition) is 3. The Morgan fingerprint density at radius 1 is 0.729 bits per heavy atom. The van der Waals surface area contributed by atoms with Gasteiger partial charge in [0.1, 0.15) is 18.3 Å². The zero-order valence-electron chi connectivity index (χ0n) is 28.6. The summed E-state index contributed by atoms with van der Waals surface area (Å²) in [6, 6.07) is 18.9. The highest BCUT2D eigenvalue weighted by molar-refractivity contribution is 5.98. The third kappa shape index (κ3) is 15.1. The van der Waals surface area contributed by atoms with Gasteiger partial charge in [-0.25, -0.2) is 4.98 Å². The van der Waals surface area contributed by atoms with E-state index < -0.39 is 29.8 Å². The molecule has 9 nitrogen and oxygen atoms in total. The number of esters is 1. The van der Waals surface area contributed by atoms with Crippen molar-refractivity contribution in [2.24, 2.45) is 5.73 Å². The molecule has 0 spiro atoms. The van der Waals surface area contributed by atoms with Gasteiger partial charge in [-0.3, -0.25) is 19.2 Å². The summed E-state index contributed by atoms with van der Waals surface area (Å²) in [6.45, 7) is 2.40. The van der Waals surface area contributed by atoms with Crippen molar-refractivity contribution >= 4 is 34.6 Å². The summed E-state index contributed by atoms with van der Waals surface area (Å²) >= 11 is 0. The van der Waals surface area contributed by atoms with E-state index in [1.807, 2.05) is 60.7 Å². The molecule has 0 aliphatic carbocycles. The molecule has 0 saturated carbocycles. The minimum Gasteiger partial charge on any atom is -0.461 e. The first-order chi connectivity index (χ1) is 23.4. The largest absolute Gasteiger partial charge is 0.461 e. The fourth-order valence-electron chi connectivity index (χ4n) is 5.78. The molecule has 9 heteroatoms. The first-order valence-corrected chi connectivity index (χ1v) is 17.8. The van der Waals surface area contributed by atoms with Crippen molar-refractivity contribution in [1.82, 2.24) is 15.6 Å². The number of hydrogen-bond acceptors (Lipinski definition) is 6. The van der Waals surface area contributed by atoms with Crippen LogP contribution >= 0.6 is 0 Å². The first-order valence-electron chi connectivity index (χ1n) is 17.8. The lowest BCUT2D eigenvalue weighted by Gasteiger charge is -2.23. The molecule has 2 atom stereocenters. The van der Waals surface area contributed by atoms with E-state index in [1.165, 1.54) is 51.4 Å². The van der Waals surface area contributed by atoms with E-state index in [9.17, 15) is 19.2 Å². The number of primary amides is 1. The lowest BCUT2D eigenvalue weighted by atomic mass is 10.0. The van der Waals surface area contributed by atoms with Gasteiger partial charge >= 0.3 is 5.97 Å². The number of pyridine rings is 1. The summed E-state index contributed by atoms with van der Waals surface area (Å²) in [6.07, 6.45) is 14.5. The van der Waals surface area contributed by atoms with E-state index in [1.54, 1.807) is 6.07 Å². The van der Waals surface area contributed by atoms with Crippen LogP contribution in [-0.2, 0) is 25.7 Å². The second-order valence-corrected chi connectivity index (χ2v) is 12.7. The number of nitrogens with zero attached hydrogens (tertiary/aromatic N) is 1. The third-order valence-electron chi connectivity index (χ3n) is 8.52. The quantitative estimate of drug-likeness (QED) is 0.0681. The van der Waals surface area contributed by atoms with Gasteiger partial charge in [-0.1, -0.05) is 132 Å². The minimum atomic E-state index is -0.944. The molecule has 1 heterocycles. The molecule has 0 fully saturated rings. The predicted octanol–water partition coefficient (Wildman–Crippen LogP) is 7.31. The molecule has 0 aliphatic rings. The lowest BCUT2D eigenvalue weighted by molar-refractivity contribution is -0.145. The number of nitrogens with one attached hydrogen (secondary N) is 2. The number of ether oxygens (including phenoxy) is 1. The molecule has 260 valence electrons. The molecule has 48 heavy (non-hydrogen) atoms. The molecule has 3 amide bonds. The van der Waals surface area contributed by atoms with Crippen LogP contribution < -0.4 is 16.4 Å². The maximum Gasteiger partial charge on any atom is 0.306 e. The second kappa shape index (κ2) is 22.3. The average molecular weight is 659 g/mol. The van der Waals surface area contributed by atoms with E-state index in [0.29, 0.717) is 18.4 Å². The Bertz CT molecular complexity index is 1410. The zero-order chi connectivity index (χ0) is 34.4. The number of fused-ring (bicyclic) bond motifs is 1. The van der Waals surface area contributed by atoms with Crippen molar-refractivity contribution in [2.45, 2.75) is 128 Å². The maximum atomic E-state index is 13.6. The molecular formula is C39H54N4O5. The Hall–Kier alpha value is -4.27. The fourth-order valence-corrected chi connectivity index (χ4v) is 5.78. The normalized spacial score (nSPS) is 12.3. The molecular weight excluding hydrogens is 604 g/mol.